The van der Waals surface area contributed by atoms with Crippen molar-refractivity contribution >= 4 is 40.7 Å². The number of aromatic nitrogens is 4. The predicted molar refractivity (Wildman–Crippen MR) is 138 cm³/mol. The van der Waals surface area contributed by atoms with E-state index >= 15 is 0 Å². The molecule has 198 valence electrons. The van der Waals surface area contributed by atoms with Gasteiger partial charge in [-0.25, -0.2) is 9.78 Å². The lowest BCUT2D eigenvalue weighted by atomic mass is 10.1. The van der Waals surface area contributed by atoms with Crippen molar-refractivity contribution in [3.63, 3.8) is 0 Å². The fourth-order valence-corrected chi connectivity index (χ4v) is 3.53. The molecule has 2 heterocycles. The topological polar surface area (TPSA) is 129 Å². The Morgan fingerprint density at radius 3 is 2.26 bits per heavy atom. The lowest BCUT2D eigenvalue weighted by molar-refractivity contribution is -0.138. The number of carbonyl (C=O) groups excluding carboxylic acids is 1. The highest BCUT2D eigenvalue weighted by molar-refractivity contribution is 6.00. The SMILES string of the molecule is COc1cnc(Nc2cc(NC(=O)Nc3ccc(C)c(C(F)(F)F)c3)ccc2C)nc1Nc1cc(C)[nH]n1. The Bertz CT molecular complexity index is 1470. The number of methoxy groups -OCH3 is 1. The number of nitrogens with zero attached hydrogens (tertiary/aromatic N) is 3. The molecule has 0 atom stereocenters. The summed E-state index contributed by atoms with van der Waals surface area (Å²) in [5.41, 5.74) is 1.97. The van der Waals surface area contributed by atoms with Crippen LogP contribution in [0.5, 0.6) is 5.75 Å². The number of rotatable bonds is 7. The van der Waals surface area contributed by atoms with Crippen molar-refractivity contribution in [1.82, 2.24) is 20.2 Å². The van der Waals surface area contributed by atoms with Crippen molar-refractivity contribution in [3.8, 4) is 5.75 Å². The molecule has 5 N–H and O–H groups in total. The van der Waals surface area contributed by atoms with Crippen LogP contribution < -0.4 is 26.0 Å². The van der Waals surface area contributed by atoms with E-state index in [0.717, 1.165) is 17.3 Å². The minimum Gasteiger partial charge on any atom is -0.491 e. The van der Waals surface area contributed by atoms with Crippen LogP contribution in [0.1, 0.15) is 22.4 Å². The molecule has 0 spiro atoms. The maximum atomic E-state index is 13.2. The second-order valence-corrected chi connectivity index (χ2v) is 8.43. The number of halogens is 3. The minimum absolute atomic E-state index is 0.0182. The molecule has 0 radical (unpaired) electrons. The van der Waals surface area contributed by atoms with Crippen molar-refractivity contribution in [2.75, 3.05) is 28.4 Å². The first-order chi connectivity index (χ1) is 18.0. The van der Waals surface area contributed by atoms with Gasteiger partial charge < -0.3 is 26.0 Å². The van der Waals surface area contributed by atoms with E-state index in [1.807, 2.05) is 13.8 Å². The van der Waals surface area contributed by atoms with Gasteiger partial charge in [0.15, 0.2) is 17.4 Å². The number of anilines is 6. The standard InChI is InChI=1S/C25H25F3N8O2/c1-13-5-7-16(10-18(13)25(26,27)28)30-24(37)31-17-8-6-14(2)19(11-17)32-23-29-12-20(38-4)22(34-23)33-21-9-15(3)35-36-21/h5-12H,1-4H3,(H2,30,31,37)(H3,29,32,33,34,35,36). The fourth-order valence-electron chi connectivity index (χ4n) is 3.53. The molecule has 0 aliphatic heterocycles. The summed E-state index contributed by atoms with van der Waals surface area (Å²) in [6.07, 6.45) is -3.02. The Kier molecular flexibility index (Phi) is 7.37. The van der Waals surface area contributed by atoms with Crippen molar-refractivity contribution in [2.45, 2.75) is 26.9 Å². The number of nitrogens with one attached hydrogen (secondary N) is 5. The van der Waals surface area contributed by atoms with Gasteiger partial charge in [0, 0.05) is 28.8 Å². The predicted octanol–water partition coefficient (Wildman–Crippen LogP) is 6.28. The molecular formula is C25H25F3N8O2. The van der Waals surface area contributed by atoms with E-state index in [4.69, 9.17) is 4.74 Å². The number of alkyl halides is 3. The van der Waals surface area contributed by atoms with E-state index < -0.39 is 17.8 Å². The summed E-state index contributed by atoms with van der Waals surface area (Å²) in [5, 5.41) is 18.2. The van der Waals surface area contributed by atoms with Gasteiger partial charge in [-0.05, 0) is 56.2 Å². The highest BCUT2D eigenvalue weighted by Gasteiger charge is 2.32. The number of urea groups is 1. The molecule has 0 aliphatic carbocycles. The number of aryl methyl sites for hydroxylation is 3. The van der Waals surface area contributed by atoms with Crippen LogP contribution in [0.25, 0.3) is 0 Å². The number of amides is 2. The van der Waals surface area contributed by atoms with E-state index in [1.54, 1.807) is 24.3 Å². The third-order valence-corrected chi connectivity index (χ3v) is 5.47. The lowest BCUT2D eigenvalue weighted by Gasteiger charge is -2.15. The second-order valence-electron chi connectivity index (χ2n) is 8.43. The summed E-state index contributed by atoms with van der Waals surface area (Å²) in [6, 6.07) is 9.80. The van der Waals surface area contributed by atoms with E-state index in [0.29, 0.717) is 28.8 Å². The van der Waals surface area contributed by atoms with E-state index in [2.05, 4.69) is 41.4 Å². The molecule has 2 aromatic carbocycles. The van der Waals surface area contributed by atoms with Crippen molar-refractivity contribution in [3.05, 3.63) is 71.0 Å². The van der Waals surface area contributed by atoms with Gasteiger partial charge >= 0.3 is 12.2 Å². The third kappa shape index (κ3) is 6.30. The number of ether oxygens (including phenoxy) is 1. The van der Waals surface area contributed by atoms with Crippen LogP contribution >= 0.6 is 0 Å². The van der Waals surface area contributed by atoms with Crippen LogP contribution in [0.3, 0.4) is 0 Å². The van der Waals surface area contributed by atoms with E-state index in [9.17, 15) is 18.0 Å². The number of aromatic amines is 1. The molecule has 0 unspecified atom stereocenters. The maximum absolute atomic E-state index is 13.2. The average molecular weight is 527 g/mol. The summed E-state index contributed by atoms with van der Waals surface area (Å²) >= 11 is 0. The summed E-state index contributed by atoms with van der Waals surface area (Å²) in [5.74, 6) is 1.60. The van der Waals surface area contributed by atoms with Gasteiger partial charge in [-0.2, -0.15) is 23.3 Å². The lowest BCUT2D eigenvalue weighted by Crippen LogP contribution is -2.20. The van der Waals surface area contributed by atoms with Crippen LogP contribution in [-0.4, -0.2) is 33.3 Å². The number of H-pyrrole nitrogens is 1. The van der Waals surface area contributed by atoms with Crippen LogP contribution in [0.2, 0.25) is 0 Å². The number of benzene rings is 2. The van der Waals surface area contributed by atoms with Gasteiger partial charge in [0.1, 0.15) is 0 Å². The van der Waals surface area contributed by atoms with Crippen LogP contribution in [-0.2, 0) is 6.18 Å². The first kappa shape index (κ1) is 26.3. The molecule has 2 amide bonds. The normalized spacial score (nSPS) is 11.1. The minimum atomic E-state index is -4.52. The summed E-state index contributed by atoms with van der Waals surface area (Å²) < 4.78 is 44.9. The van der Waals surface area contributed by atoms with Crippen LogP contribution in [0, 0.1) is 20.8 Å². The third-order valence-electron chi connectivity index (χ3n) is 5.47. The summed E-state index contributed by atoms with van der Waals surface area (Å²) in [7, 11) is 1.50. The maximum Gasteiger partial charge on any atom is 0.416 e. The average Bonchev–Trinajstić information content (AvgIpc) is 3.26. The molecule has 2 aromatic heterocycles. The molecule has 10 nitrogen and oxygen atoms in total. The number of hydrogen-bond acceptors (Lipinski definition) is 7. The Morgan fingerprint density at radius 2 is 1.63 bits per heavy atom. The zero-order valence-corrected chi connectivity index (χ0v) is 20.9. The summed E-state index contributed by atoms with van der Waals surface area (Å²) in [4.78, 5) is 21.2. The van der Waals surface area contributed by atoms with Gasteiger partial charge in [0.05, 0.1) is 18.9 Å². The molecular weight excluding hydrogens is 501 g/mol. The molecule has 0 saturated heterocycles. The molecule has 0 fully saturated rings. The Balaban J connectivity index is 1.49. The summed E-state index contributed by atoms with van der Waals surface area (Å²) in [6.45, 7) is 5.08. The highest BCUT2D eigenvalue weighted by atomic mass is 19.4. The quantitative estimate of drug-likeness (QED) is 0.192. The van der Waals surface area contributed by atoms with E-state index in [1.165, 1.54) is 32.4 Å². The van der Waals surface area contributed by atoms with Gasteiger partial charge in [-0.3, -0.25) is 5.10 Å². The van der Waals surface area contributed by atoms with Crippen molar-refractivity contribution < 1.29 is 22.7 Å². The van der Waals surface area contributed by atoms with Crippen LogP contribution in [0.15, 0.2) is 48.7 Å². The Labute approximate surface area is 216 Å². The molecule has 4 aromatic rings. The van der Waals surface area contributed by atoms with E-state index in [-0.39, 0.29) is 17.2 Å². The van der Waals surface area contributed by atoms with Crippen LogP contribution in [0.4, 0.5) is 52.6 Å². The van der Waals surface area contributed by atoms with Gasteiger partial charge in [0.2, 0.25) is 5.95 Å². The second kappa shape index (κ2) is 10.7. The largest absolute Gasteiger partial charge is 0.491 e. The highest BCUT2D eigenvalue weighted by Crippen LogP contribution is 2.33. The molecule has 38 heavy (non-hydrogen) atoms. The van der Waals surface area contributed by atoms with Gasteiger partial charge in [-0.1, -0.05) is 12.1 Å². The van der Waals surface area contributed by atoms with Crippen molar-refractivity contribution in [2.24, 2.45) is 0 Å². The number of hydrogen-bond donors (Lipinski definition) is 5. The Hall–Kier alpha value is -4.81. The fraction of sp³-hybridized carbons (Fsp3) is 0.200. The molecule has 0 saturated carbocycles. The molecule has 13 heteroatoms. The Morgan fingerprint density at radius 1 is 0.947 bits per heavy atom. The van der Waals surface area contributed by atoms with Gasteiger partial charge in [0.25, 0.3) is 0 Å². The molecule has 0 aliphatic rings. The zero-order chi connectivity index (χ0) is 27.4. The first-order valence-electron chi connectivity index (χ1n) is 11.4. The molecule has 4 rings (SSSR count). The zero-order valence-electron chi connectivity index (χ0n) is 20.9. The smallest absolute Gasteiger partial charge is 0.416 e. The molecule has 0 bridgehead atoms. The number of carbonyl (C=O) groups is 1. The first-order valence-corrected chi connectivity index (χ1v) is 11.4. The monoisotopic (exact) mass is 526 g/mol. The van der Waals surface area contributed by atoms with Crippen molar-refractivity contribution in [1.29, 1.82) is 0 Å². The van der Waals surface area contributed by atoms with Gasteiger partial charge in [-0.15, -0.1) is 0 Å².